The van der Waals surface area contributed by atoms with Crippen LogP contribution in [-0.2, 0) is 0 Å². The fraction of sp³-hybridized carbons (Fsp3) is 0.333. The third-order valence-corrected chi connectivity index (χ3v) is 4.28. The summed E-state index contributed by atoms with van der Waals surface area (Å²) in [5.41, 5.74) is 3.92. The number of anilines is 1. The predicted octanol–water partition coefficient (Wildman–Crippen LogP) is 5.32. The maximum Gasteiger partial charge on any atom is 0.0343 e. The Bertz CT molecular complexity index is 531. The van der Waals surface area contributed by atoms with Gasteiger partial charge in [-0.25, -0.2) is 0 Å². The SMILES string of the molecule is Cc1cccc(NCCSc2ccc(C(C)C)cc2)c1. The maximum absolute atomic E-state index is 3.46. The van der Waals surface area contributed by atoms with Gasteiger partial charge in [0.15, 0.2) is 0 Å². The Balaban J connectivity index is 1.75. The fourth-order valence-corrected chi connectivity index (χ4v) is 2.84. The van der Waals surface area contributed by atoms with E-state index < -0.39 is 0 Å². The van der Waals surface area contributed by atoms with Crippen LogP contribution in [0, 0.1) is 6.92 Å². The van der Waals surface area contributed by atoms with Crippen LogP contribution in [0.5, 0.6) is 0 Å². The second kappa shape index (κ2) is 7.39. The molecule has 0 fully saturated rings. The molecule has 0 heterocycles. The Morgan fingerprint density at radius 2 is 1.80 bits per heavy atom. The van der Waals surface area contributed by atoms with E-state index in [1.807, 2.05) is 11.8 Å². The second-order valence-corrected chi connectivity index (χ2v) is 6.54. The van der Waals surface area contributed by atoms with E-state index in [9.17, 15) is 0 Å². The van der Waals surface area contributed by atoms with E-state index in [1.54, 1.807) is 0 Å². The molecule has 0 aliphatic heterocycles. The van der Waals surface area contributed by atoms with Crippen LogP contribution in [0.25, 0.3) is 0 Å². The summed E-state index contributed by atoms with van der Waals surface area (Å²) in [5.74, 6) is 1.69. The highest BCUT2D eigenvalue weighted by Gasteiger charge is 1.99. The maximum atomic E-state index is 3.46. The van der Waals surface area contributed by atoms with E-state index >= 15 is 0 Å². The summed E-state index contributed by atoms with van der Waals surface area (Å²) in [6.45, 7) is 7.57. The second-order valence-electron chi connectivity index (χ2n) is 5.37. The van der Waals surface area contributed by atoms with E-state index in [0.29, 0.717) is 5.92 Å². The molecule has 2 rings (SSSR count). The third-order valence-electron chi connectivity index (χ3n) is 3.26. The number of rotatable bonds is 6. The van der Waals surface area contributed by atoms with Crippen molar-refractivity contribution in [3.05, 3.63) is 59.7 Å². The van der Waals surface area contributed by atoms with Crippen LogP contribution < -0.4 is 5.32 Å². The van der Waals surface area contributed by atoms with Crippen molar-refractivity contribution >= 4 is 17.4 Å². The van der Waals surface area contributed by atoms with Gasteiger partial charge >= 0.3 is 0 Å². The van der Waals surface area contributed by atoms with E-state index in [4.69, 9.17) is 0 Å². The lowest BCUT2D eigenvalue weighted by molar-refractivity contribution is 0.865. The van der Waals surface area contributed by atoms with Gasteiger partial charge in [0.1, 0.15) is 0 Å². The molecule has 0 bridgehead atoms. The zero-order valence-electron chi connectivity index (χ0n) is 12.5. The van der Waals surface area contributed by atoms with Crippen LogP contribution in [0.3, 0.4) is 0 Å². The smallest absolute Gasteiger partial charge is 0.0343 e. The first-order valence-corrected chi connectivity index (χ1v) is 8.17. The average molecular weight is 285 g/mol. The van der Waals surface area contributed by atoms with Crippen LogP contribution in [0.4, 0.5) is 5.69 Å². The van der Waals surface area contributed by atoms with E-state index in [2.05, 4.69) is 74.6 Å². The monoisotopic (exact) mass is 285 g/mol. The van der Waals surface area contributed by atoms with Crippen LogP contribution >= 0.6 is 11.8 Å². The van der Waals surface area contributed by atoms with Crippen LogP contribution in [0.15, 0.2) is 53.4 Å². The summed E-state index contributed by atoms with van der Waals surface area (Å²) >= 11 is 1.90. The summed E-state index contributed by atoms with van der Waals surface area (Å²) in [6, 6.07) is 17.4. The Labute approximate surface area is 126 Å². The molecular formula is C18H23NS. The van der Waals surface area contributed by atoms with Gasteiger partial charge in [0.25, 0.3) is 0 Å². The van der Waals surface area contributed by atoms with Crippen molar-refractivity contribution < 1.29 is 0 Å². The van der Waals surface area contributed by atoms with E-state index in [1.165, 1.54) is 21.7 Å². The van der Waals surface area contributed by atoms with Gasteiger partial charge in [0.05, 0.1) is 0 Å². The van der Waals surface area contributed by atoms with Crippen molar-refractivity contribution in [3.63, 3.8) is 0 Å². The molecule has 0 aromatic heterocycles. The largest absolute Gasteiger partial charge is 0.384 e. The quantitative estimate of drug-likeness (QED) is 0.569. The molecule has 20 heavy (non-hydrogen) atoms. The van der Waals surface area contributed by atoms with Gasteiger partial charge in [-0.2, -0.15) is 0 Å². The zero-order valence-corrected chi connectivity index (χ0v) is 13.3. The highest BCUT2D eigenvalue weighted by Crippen LogP contribution is 2.21. The van der Waals surface area contributed by atoms with Gasteiger partial charge in [-0.05, 0) is 48.2 Å². The lowest BCUT2D eigenvalue weighted by Gasteiger charge is -2.08. The predicted molar refractivity (Wildman–Crippen MR) is 90.9 cm³/mol. The summed E-state index contributed by atoms with van der Waals surface area (Å²) in [7, 11) is 0. The summed E-state index contributed by atoms with van der Waals surface area (Å²) in [4.78, 5) is 1.35. The summed E-state index contributed by atoms with van der Waals surface area (Å²) in [6.07, 6.45) is 0. The van der Waals surface area contributed by atoms with Gasteiger partial charge < -0.3 is 5.32 Å². The molecular weight excluding hydrogens is 262 g/mol. The van der Waals surface area contributed by atoms with Crippen LogP contribution in [0.1, 0.15) is 30.9 Å². The van der Waals surface area contributed by atoms with Crippen molar-refractivity contribution in [3.8, 4) is 0 Å². The van der Waals surface area contributed by atoms with Crippen molar-refractivity contribution in [2.24, 2.45) is 0 Å². The van der Waals surface area contributed by atoms with Crippen LogP contribution in [-0.4, -0.2) is 12.3 Å². The van der Waals surface area contributed by atoms with Gasteiger partial charge in [-0.3, -0.25) is 0 Å². The average Bonchev–Trinajstić information content (AvgIpc) is 2.44. The minimum absolute atomic E-state index is 0.608. The minimum atomic E-state index is 0.608. The van der Waals surface area contributed by atoms with Gasteiger partial charge in [-0.15, -0.1) is 11.8 Å². The Morgan fingerprint density at radius 3 is 2.45 bits per heavy atom. The van der Waals surface area contributed by atoms with E-state index in [0.717, 1.165) is 12.3 Å². The summed E-state index contributed by atoms with van der Waals surface area (Å²) in [5, 5.41) is 3.46. The van der Waals surface area contributed by atoms with Gasteiger partial charge in [-0.1, -0.05) is 38.1 Å². The molecule has 0 atom stereocenters. The molecule has 106 valence electrons. The number of hydrogen-bond acceptors (Lipinski definition) is 2. The Hall–Kier alpha value is -1.41. The number of aryl methyl sites for hydroxylation is 1. The van der Waals surface area contributed by atoms with Gasteiger partial charge in [0, 0.05) is 22.9 Å². The first-order valence-electron chi connectivity index (χ1n) is 7.18. The molecule has 0 unspecified atom stereocenters. The number of hydrogen-bond donors (Lipinski definition) is 1. The highest BCUT2D eigenvalue weighted by atomic mass is 32.2. The molecule has 0 radical (unpaired) electrons. The number of thioether (sulfide) groups is 1. The lowest BCUT2D eigenvalue weighted by Crippen LogP contribution is -2.03. The first-order chi connectivity index (χ1) is 9.65. The molecule has 0 spiro atoms. The molecule has 1 nitrogen and oxygen atoms in total. The lowest BCUT2D eigenvalue weighted by atomic mass is 10.0. The van der Waals surface area contributed by atoms with Crippen molar-refractivity contribution in [2.45, 2.75) is 31.6 Å². The molecule has 0 saturated heterocycles. The first kappa shape index (κ1) is 15.0. The molecule has 0 aliphatic rings. The highest BCUT2D eigenvalue weighted by molar-refractivity contribution is 7.99. The third kappa shape index (κ3) is 4.61. The molecule has 2 heteroatoms. The van der Waals surface area contributed by atoms with Crippen molar-refractivity contribution in [1.82, 2.24) is 0 Å². The van der Waals surface area contributed by atoms with Crippen molar-refractivity contribution in [2.75, 3.05) is 17.6 Å². The standard InChI is InChI=1S/C18H23NS/c1-14(2)16-7-9-18(10-8-16)20-12-11-19-17-6-4-5-15(3)13-17/h4-10,13-14,19H,11-12H2,1-3H3. The zero-order chi connectivity index (χ0) is 14.4. The molecule has 1 N–H and O–H groups in total. The topological polar surface area (TPSA) is 12.0 Å². The fourth-order valence-electron chi connectivity index (χ4n) is 2.07. The van der Waals surface area contributed by atoms with Crippen LogP contribution in [0.2, 0.25) is 0 Å². The normalized spacial score (nSPS) is 10.8. The molecule has 2 aromatic rings. The van der Waals surface area contributed by atoms with E-state index in [-0.39, 0.29) is 0 Å². The molecule has 0 saturated carbocycles. The molecule has 2 aromatic carbocycles. The molecule has 0 amide bonds. The summed E-state index contributed by atoms with van der Waals surface area (Å²) < 4.78 is 0. The van der Waals surface area contributed by atoms with Gasteiger partial charge in [0.2, 0.25) is 0 Å². The number of benzene rings is 2. The minimum Gasteiger partial charge on any atom is -0.384 e. The Kier molecular flexibility index (Phi) is 5.54. The Morgan fingerprint density at radius 1 is 1.05 bits per heavy atom. The van der Waals surface area contributed by atoms with Crippen molar-refractivity contribution in [1.29, 1.82) is 0 Å². The molecule has 0 aliphatic carbocycles. The number of nitrogens with one attached hydrogen (secondary N) is 1.